The van der Waals surface area contributed by atoms with Crippen molar-refractivity contribution < 1.29 is 4.79 Å². The first-order valence-corrected chi connectivity index (χ1v) is 5.75. The maximum atomic E-state index is 11.9. The highest BCUT2D eigenvalue weighted by molar-refractivity contribution is 7.13. The molecule has 0 saturated carbocycles. The number of nitrogens with one attached hydrogen (secondary N) is 2. The summed E-state index contributed by atoms with van der Waals surface area (Å²) in [6.45, 7) is 0. The number of nitrogens with zero attached hydrogens (tertiary/aromatic N) is 2. The van der Waals surface area contributed by atoms with Crippen LogP contribution in [0.3, 0.4) is 0 Å². The number of H-pyrrole nitrogens is 1. The average Bonchev–Trinajstić information content (AvgIpc) is 2.97. The van der Waals surface area contributed by atoms with E-state index in [-0.39, 0.29) is 5.91 Å². The third-order valence-corrected chi connectivity index (χ3v) is 3.15. The van der Waals surface area contributed by atoms with Gasteiger partial charge in [0.25, 0.3) is 5.91 Å². The monoisotopic (exact) mass is 244 g/mol. The van der Waals surface area contributed by atoms with Gasteiger partial charge in [0.2, 0.25) is 0 Å². The van der Waals surface area contributed by atoms with E-state index in [4.69, 9.17) is 0 Å². The molecule has 0 aliphatic carbocycles. The molecule has 0 unspecified atom stereocenters. The number of amides is 1. The van der Waals surface area contributed by atoms with Crippen LogP contribution in [-0.4, -0.2) is 20.5 Å². The van der Waals surface area contributed by atoms with Gasteiger partial charge in [0.15, 0.2) is 0 Å². The first-order valence-electron chi connectivity index (χ1n) is 4.97. The van der Waals surface area contributed by atoms with Gasteiger partial charge in [-0.05, 0) is 29.7 Å². The minimum atomic E-state index is -0.153. The fourth-order valence-corrected chi connectivity index (χ4v) is 2.16. The number of carbonyl (C=O) groups is 1. The Morgan fingerprint density at radius 1 is 1.35 bits per heavy atom. The molecule has 0 atom stereocenters. The van der Waals surface area contributed by atoms with Gasteiger partial charge in [-0.15, -0.1) is 0 Å². The molecule has 0 spiro atoms. The molecule has 5 nitrogen and oxygen atoms in total. The lowest BCUT2D eigenvalue weighted by Gasteiger charge is -2.01. The van der Waals surface area contributed by atoms with Gasteiger partial charge in [0, 0.05) is 23.3 Å². The van der Waals surface area contributed by atoms with E-state index >= 15 is 0 Å². The van der Waals surface area contributed by atoms with Gasteiger partial charge in [-0.1, -0.05) is 0 Å². The Bertz CT molecular complexity index is 659. The zero-order valence-electron chi connectivity index (χ0n) is 8.68. The highest BCUT2D eigenvalue weighted by Crippen LogP contribution is 2.19. The van der Waals surface area contributed by atoms with Crippen LogP contribution in [0.2, 0.25) is 0 Å². The van der Waals surface area contributed by atoms with E-state index in [9.17, 15) is 4.79 Å². The number of fused-ring (bicyclic) bond motifs is 1. The van der Waals surface area contributed by atoms with Gasteiger partial charge in [-0.2, -0.15) is 9.47 Å². The highest BCUT2D eigenvalue weighted by atomic mass is 32.1. The Morgan fingerprint density at radius 2 is 2.29 bits per heavy atom. The number of hydrogen-bond donors (Lipinski definition) is 2. The Balaban J connectivity index is 1.90. The van der Waals surface area contributed by atoms with E-state index in [1.54, 1.807) is 24.7 Å². The fourth-order valence-electron chi connectivity index (χ4n) is 1.54. The predicted octanol–water partition coefficient (Wildman–Crippen LogP) is 2.27. The number of benzene rings is 1. The standard InChI is InChI=1S/C11H8N4OS/c16-11(15-9-5-12-13-6-9)7-1-2-10-8(3-7)4-14-17-10/h1-6H,(H,12,13)(H,15,16). The van der Waals surface area contributed by atoms with Gasteiger partial charge >= 0.3 is 0 Å². The largest absolute Gasteiger partial charge is 0.319 e. The van der Waals surface area contributed by atoms with Crippen LogP contribution in [0.1, 0.15) is 10.4 Å². The predicted molar refractivity (Wildman–Crippen MR) is 66.2 cm³/mol. The zero-order valence-corrected chi connectivity index (χ0v) is 9.49. The van der Waals surface area contributed by atoms with Gasteiger partial charge in [0.05, 0.1) is 16.6 Å². The molecule has 0 radical (unpaired) electrons. The van der Waals surface area contributed by atoms with Crippen molar-refractivity contribution >= 4 is 33.2 Å². The second kappa shape index (κ2) is 3.99. The summed E-state index contributed by atoms with van der Waals surface area (Å²) in [5.74, 6) is -0.153. The highest BCUT2D eigenvalue weighted by Gasteiger charge is 2.08. The molecule has 84 valence electrons. The summed E-state index contributed by atoms with van der Waals surface area (Å²) in [4.78, 5) is 11.9. The number of hydrogen-bond acceptors (Lipinski definition) is 4. The average molecular weight is 244 g/mol. The van der Waals surface area contributed by atoms with Crippen LogP contribution in [0.4, 0.5) is 5.69 Å². The van der Waals surface area contributed by atoms with Gasteiger partial charge in [-0.3, -0.25) is 9.89 Å². The maximum Gasteiger partial charge on any atom is 0.255 e. The Labute approximate surface area is 101 Å². The SMILES string of the molecule is O=C(Nc1cn[nH]c1)c1ccc2sncc2c1. The van der Waals surface area contributed by atoms with Crippen LogP contribution in [0, 0.1) is 0 Å². The zero-order chi connectivity index (χ0) is 11.7. The van der Waals surface area contributed by atoms with E-state index < -0.39 is 0 Å². The van der Waals surface area contributed by atoms with Crippen molar-refractivity contribution in [3.63, 3.8) is 0 Å². The fraction of sp³-hybridized carbons (Fsp3) is 0. The molecule has 3 aromatic rings. The number of carbonyl (C=O) groups excluding carboxylic acids is 1. The molecule has 1 amide bonds. The topological polar surface area (TPSA) is 70.7 Å². The molecule has 0 saturated heterocycles. The van der Waals surface area contributed by atoms with Crippen LogP contribution in [0.15, 0.2) is 36.8 Å². The van der Waals surface area contributed by atoms with Crippen molar-refractivity contribution in [3.05, 3.63) is 42.4 Å². The van der Waals surface area contributed by atoms with E-state index in [2.05, 4.69) is 19.9 Å². The molecule has 0 fully saturated rings. The molecule has 1 aromatic carbocycles. The Morgan fingerprint density at radius 3 is 3.12 bits per heavy atom. The number of rotatable bonds is 2. The second-order valence-corrected chi connectivity index (χ2v) is 4.35. The second-order valence-electron chi connectivity index (χ2n) is 3.52. The van der Waals surface area contributed by atoms with Crippen LogP contribution >= 0.6 is 11.5 Å². The van der Waals surface area contributed by atoms with E-state index in [0.29, 0.717) is 11.3 Å². The Kier molecular flexibility index (Phi) is 2.34. The lowest BCUT2D eigenvalue weighted by Crippen LogP contribution is -2.10. The first-order chi connectivity index (χ1) is 8.33. The summed E-state index contributed by atoms with van der Waals surface area (Å²) >= 11 is 1.42. The molecule has 0 aliphatic heterocycles. The summed E-state index contributed by atoms with van der Waals surface area (Å²) in [6, 6.07) is 5.52. The van der Waals surface area contributed by atoms with Crippen LogP contribution in [-0.2, 0) is 0 Å². The molecule has 2 N–H and O–H groups in total. The third-order valence-electron chi connectivity index (χ3n) is 2.37. The van der Waals surface area contributed by atoms with Gasteiger partial charge < -0.3 is 5.32 Å². The summed E-state index contributed by atoms with van der Waals surface area (Å²) in [5.41, 5.74) is 1.26. The molecule has 0 aliphatic rings. The maximum absolute atomic E-state index is 11.9. The van der Waals surface area contributed by atoms with E-state index in [1.807, 2.05) is 12.1 Å². The van der Waals surface area contributed by atoms with Crippen LogP contribution in [0.5, 0.6) is 0 Å². The first kappa shape index (κ1) is 9.98. The summed E-state index contributed by atoms with van der Waals surface area (Å²) < 4.78 is 5.15. The number of aromatic nitrogens is 3. The lowest BCUT2D eigenvalue weighted by molar-refractivity contribution is 0.102. The minimum Gasteiger partial charge on any atom is -0.319 e. The van der Waals surface area contributed by atoms with Crippen molar-refractivity contribution in [3.8, 4) is 0 Å². The number of anilines is 1. The van der Waals surface area contributed by atoms with Crippen LogP contribution < -0.4 is 5.32 Å². The quantitative estimate of drug-likeness (QED) is 0.726. The smallest absolute Gasteiger partial charge is 0.255 e. The van der Waals surface area contributed by atoms with E-state index in [1.165, 1.54) is 11.5 Å². The third kappa shape index (κ3) is 1.90. The minimum absolute atomic E-state index is 0.153. The molecular formula is C11H8N4OS. The summed E-state index contributed by atoms with van der Waals surface area (Å²) in [5, 5.41) is 10.1. The van der Waals surface area contributed by atoms with Crippen molar-refractivity contribution in [1.82, 2.24) is 14.6 Å². The van der Waals surface area contributed by atoms with Crippen molar-refractivity contribution in [2.45, 2.75) is 0 Å². The van der Waals surface area contributed by atoms with Crippen LogP contribution in [0.25, 0.3) is 10.1 Å². The molecular weight excluding hydrogens is 236 g/mol. The molecule has 6 heteroatoms. The molecule has 3 rings (SSSR count). The lowest BCUT2D eigenvalue weighted by atomic mass is 10.1. The van der Waals surface area contributed by atoms with Gasteiger partial charge in [0.1, 0.15) is 0 Å². The van der Waals surface area contributed by atoms with Crippen molar-refractivity contribution in [1.29, 1.82) is 0 Å². The van der Waals surface area contributed by atoms with Crippen molar-refractivity contribution in [2.75, 3.05) is 5.32 Å². The van der Waals surface area contributed by atoms with E-state index in [0.717, 1.165) is 10.1 Å². The van der Waals surface area contributed by atoms with Crippen molar-refractivity contribution in [2.24, 2.45) is 0 Å². The van der Waals surface area contributed by atoms with Gasteiger partial charge in [-0.25, -0.2) is 0 Å². The molecule has 0 bridgehead atoms. The summed E-state index contributed by atoms with van der Waals surface area (Å²) in [7, 11) is 0. The molecule has 17 heavy (non-hydrogen) atoms. The molecule has 2 aromatic heterocycles. The number of aromatic amines is 1. The summed E-state index contributed by atoms with van der Waals surface area (Å²) in [6.07, 6.45) is 4.94. The normalized spacial score (nSPS) is 10.6. The Hall–Kier alpha value is -2.21. The molecule has 2 heterocycles.